The summed E-state index contributed by atoms with van der Waals surface area (Å²) in [5.41, 5.74) is 1.32. The Bertz CT molecular complexity index is 1180. The maximum atomic E-state index is 5.78. The summed E-state index contributed by atoms with van der Waals surface area (Å²) in [6.07, 6.45) is 0.954. The Kier molecular flexibility index (Phi) is 5.59. The van der Waals surface area contributed by atoms with E-state index in [9.17, 15) is 0 Å². The number of hydrogen-bond donors (Lipinski definition) is 0. The molecule has 1 heterocycles. The largest absolute Gasteiger partial charge is 0.496 e. The molecule has 0 atom stereocenters. The molecule has 3 heteroatoms. The third-order valence-corrected chi connectivity index (χ3v) is 11.1. The summed E-state index contributed by atoms with van der Waals surface area (Å²) in [7, 11) is -0.148. The SMILES string of the molecule is COc1cc(C[P+](c2ccccc2)(c2ccccc2)c2ccccc2)cc2sccc12. The normalized spacial score (nSPS) is 11.5. The van der Waals surface area contributed by atoms with Crippen molar-refractivity contribution in [2.75, 3.05) is 7.11 Å². The van der Waals surface area contributed by atoms with Crippen LogP contribution in [0.1, 0.15) is 5.56 Å². The zero-order valence-corrected chi connectivity index (χ0v) is 19.2. The number of rotatable bonds is 6. The first-order chi connectivity index (χ1) is 15.3. The number of hydrogen-bond acceptors (Lipinski definition) is 2. The van der Waals surface area contributed by atoms with Crippen LogP contribution < -0.4 is 20.7 Å². The Morgan fingerprint density at radius 1 is 0.677 bits per heavy atom. The second-order valence-electron chi connectivity index (χ2n) is 7.61. The zero-order chi connectivity index (χ0) is 21.1. The average molecular weight is 440 g/mol. The van der Waals surface area contributed by atoms with Crippen LogP contribution in [-0.2, 0) is 6.16 Å². The molecule has 0 unspecified atom stereocenters. The number of ether oxygens (including phenoxy) is 1. The van der Waals surface area contributed by atoms with Gasteiger partial charge >= 0.3 is 0 Å². The molecule has 0 aliphatic heterocycles. The summed E-state index contributed by atoms with van der Waals surface area (Å²) in [6.45, 7) is 0. The van der Waals surface area contributed by atoms with Crippen LogP contribution >= 0.6 is 18.6 Å². The molecule has 4 aromatic carbocycles. The second-order valence-corrected chi connectivity index (χ2v) is 12.0. The third kappa shape index (κ3) is 3.67. The maximum absolute atomic E-state index is 5.78. The van der Waals surface area contributed by atoms with Crippen molar-refractivity contribution < 1.29 is 4.74 Å². The topological polar surface area (TPSA) is 9.23 Å². The van der Waals surface area contributed by atoms with E-state index in [-0.39, 0.29) is 0 Å². The Hall–Kier alpha value is -2.93. The summed E-state index contributed by atoms with van der Waals surface area (Å²) in [5.74, 6) is 0.959. The average Bonchev–Trinajstić information content (AvgIpc) is 3.32. The Labute approximate surface area is 188 Å². The molecule has 152 valence electrons. The first-order valence-corrected chi connectivity index (χ1v) is 13.3. The van der Waals surface area contributed by atoms with Gasteiger partial charge in [-0.1, -0.05) is 54.6 Å². The fourth-order valence-electron chi connectivity index (χ4n) is 4.40. The van der Waals surface area contributed by atoms with Crippen LogP contribution in [0.2, 0.25) is 0 Å². The Morgan fingerprint density at radius 3 is 1.68 bits per heavy atom. The van der Waals surface area contributed by atoms with Gasteiger partial charge in [0.15, 0.2) is 0 Å². The van der Waals surface area contributed by atoms with Crippen molar-refractivity contribution in [2.45, 2.75) is 6.16 Å². The third-order valence-electron chi connectivity index (χ3n) is 5.82. The predicted octanol–water partition coefficient (Wildman–Crippen LogP) is 6.40. The minimum atomic E-state index is -1.92. The lowest BCUT2D eigenvalue weighted by molar-refractivity contribution is 0.419. The molecule has 5 rings (SSSR count). The molecule has 1 nitrogen and oxygen atoms in total. The highest BCUT2D eigenvalue weighted by atomic mass is 32.1. The molecule has 0 aliphatic rings. The van der Waals surface area contributed by atoms with Crippen LogP contribution in [0.4, 0.5) is 0 Å². The molecule has 0 amide bonds. The van der Waals surface area contributed by atoms with Crippen molar-refractivity contribution in [3.8, 4) is 5.75 Å². The van der Waals surface area contributed by atoms with Crippen LogP contribution in [0, 0.1) is 0 Å². The first kappa shape index (κ1) is 20.0. The summed E-state index contributed by atoms with van der Waals surface area (Å²) < 4.78 is 7.06. The number of thiophene rings is 1. The molecule has 0 radical (unpaired) electrons. The van der Waals surface area contributed by atoms with Crippen LogP contribution in [-0.4, -0.2) is 7.11 Å². The van der Waals surface area contributed by atoms with E-state index in [4.69, 9.17) is 4.74 Å². The zero-order valence-electron chi connectivity index (χ0n) is 17.4. The van der Waals surface area contributed by atoms with E-state index >= 15 is 0 Å². The lowest BCUT2D eigenvalue weighted by Crippen LogP contribution is -2.32. The second kappa shape index (κ2) is 8.67. The van der Waals surface area contributed by atoms with Gasteiger partial charge in [0, 0.05) is 10.1 Å². The quantitative estimate of drug-likeness (QED) is 0.278. The standard InChI is InChI=1S/C28H24OPS/c1-29-27-19-22(20-28-26(27)17-18-31-28)21-30(23-11-5-2-6-12-23,24-13-7-3-8-14-24)25-15-9-4-10-16-25/h2-20H,21H2,1H3/q+1. The molecular weight excluding hydrogens is 415 g/mol. The van der Waals surface area contributed by atoms with Gasteiger partial charge in [0.2, 0.25) is 0 Å². The molecule has 0 bridgehead atoms. The summed E-state index contributed by atoms with van der Waals surface area (Å²) in [6, 6.07) is 39.9. The maximum Gasteiger partial charge on any atom is 0.127 e. The molecule has 0 fully saturated rings. The van der Waals surface area contributed by atoms with Gasteiger partial charge in [-0.3, -0.25) is 0 Å². The predicted molar refractivity (Wildman–Crippen MR) is 137 cm³/mol. The molecule has 0 saturated carbocycles. The van der Waals surface area contributed by atoms with Crippen molar-refractivity contribution in [1.82, 2.24) is 0 Å². The molecule has 31 heavy (non-hydrogen) atoms. The van der Waals surface area contributed by atoms with E-state index in [2.05, 4.69) is 115 Å². The molecule has 1 aromatic heterocycles. The first-order valence-electron chi connectivity index (χ1n) is 10.4. The monoisotopic (exact) mass is 439 g/mol. The van der Waals surface area contributed by atoms with Crippen molar-refractivity contribution in [3.63, 3.8) is 0 Å². The van der Waals surface area contributed by atoms with Gasteiger partial charge in [0.25, 0.3) is 0 Å². The molecular formula is C28H24OPS+. The molecule has 0 saturated heterocycles. The Balaban J connectivity index is 1.78. The van der Waals surface area contributed by atoms with Crippen molar-refractivity contribution in [2.24, 2.45) is 0 Å². The van der Waals surface area contributed by atoms with Crippen molar-refractivity contribution >= 4 is 44.6 Å². The smallest absolute Gasteiger partial charge is 0.127 e. The van der Waals surface area contributed by atoms with Gasteiger partial charge in [0.1, 0.15) is 28.9 Å². The fourth-order valence-corrected chi connectivity index (χ4v) is 9.48. The van der Waals surface area contributed by atoms with E-state index in [1.165, 1.54) is 31.6 Å². The minimum absolute atomic E-state index is 0.954. The van der Waals surface area contributed by atoms with Gasteiger partial charge < -0.3 is 4.74 Å². The van der Waals surface area contributed by atoms with E-state index in [1.807, 2.05) is 0 Å². The number of methoxy groups -OCH3 is 1. The van der Waals surface area contributed by atoms with Crippen LogP contribution in [0.5, 0.6) is 5.75 Å². The molecule has 0 aliphatic carbocycles. The minimum Gasteiger partial charge on any atom is -0.496 e. The highest BCUT2D eigenvalue weighted by molar-refractivity contribution is 7.95. The number of fused-ring (bicyclic) bond motifs is 1. The van der Waals surface area contributed by atoms with Gasteiger partial charge in [-0.25, -0.2) is 0 Å². The van der Waals surface area contributed by atoms with Crippen LogP contribution in [0.25, 0.3) is 10.1 Å². The van der Waals surface area contributed by atoms with Gasteiger partial charge in [-0.15, -0.1) is 11.3 Å². The van der Waals surface area contributed by atoms with Crippen molar-refractivity contribution in [1.29, 1.82) is 0 Å². The van der Waals surface area contributed by atoms with E-state index in [0.29, 0.717) is 0 Å². The lowest BCUT2D eigenvalue weighted by atomic mass is 10.2. The number of benzene rings is 4. The molecule has 0 spiro atoms. The van der Waals surface area contributed by atoms with Gasteiger partial charge in [-0.2, -0.15) is 0 Å². The molecule has 5 aromatic rings. The molecule has 0 N–H and O–H groups in total. The van der Waals surface area contributed by atoms with E-state index in [0.717, 1.165) is 11.9 Å². The van der Waals surface area contributed by atoms with Crippen molar-refractivity contribution in [3.05, 3.63) is 120 Å². The van der Waals surface area contributed by atoms with E-state index < -0.39 is 7.26 Å². The fraction of sp³-hybridized carbons (Fsp3) is 0.0714. The van der Waals surface area contributed by atoms with Crippen LogP contribution in [0.3, 0.4) is 0 Å². The van der Waals surface area contributed by atoms with E-state index in [1.54, 1.807) is 18.4 Å². The Morgan fingerprint density at radius 2 is 1.19 bits per heavy atom. The lowest BCUT2D eigenvalue weighted by Gasteiger charge is -2.28. The highest BCUT2D eigenvalue weighted by Gasteiger charge is 2.45. The van der Waals surface area contributed by atoms with Gasteiger partial charge in [-0.05, 0) is 65.5 Å². The summed E-state index contributed by atoms with van der Waals surface area (Å²) in [4.78, 5) is 0. The summed E-state index contributed by atoms with van der Waals surface area (Å²) in [5, 5.41) is 7.54. The summed E-state index contributed by atoms with van der Waals surface area (Å²) >= 11 is 1.78. The highest BCUT2D eigenvalue weighted by Crippen LogP contribution is 2.58. The van der Waals surface area contributed by atoms with Gasteiger partial charge in [0.05, 0.1) is 13.3 Å². The van der Waals surface area contributed by atoms with Crippen LogP contribution in [0.15, 0.2) is 115 Å².